The third-order valence-electron chi connectivity index (χ3n) is 2.91. The fourth-order valence-corrected chi connectivity index (χ4v) is 3.16. The molecule has 2 heterocycles. The van der Waals surface area contributed by atoms with Crippen molar-refractivity contribution >= 4 is 38.9 Å². The summed E-state index contributed by atoms with van der Waals surface area (Å²) in [6, 6.07) is 11.2. The number of hydrogen-bond donors (Lipinski definition) is 1. The lowest BCUT2D eigenvalue weighted by atomic mass is 10.2. The molecule has 7 heteroatoms. The highest BCUT2D eigenvalue weighted by Crippen LogP contribution is 2.24. The largest absolute Gasteiger partial charge is 0.321 e. The van der Waals surface area contributed by atoms with Crippen LogP contribution in [0.2, 0.25) is 0 Å². The molecule has 5 nitrogen and oxygen atoms in total. The van der Waals surface area contributed by atoms with Crippen LogP contribution in [0, 0.1) is 0 Å². The Balaban J connectivity index is 1.76. The Morgan fingerprint density at radius 3 is 2.57 bits per heavy atom. The van der Waals surface area contributed by atoms with Gasteiger partial charge >= 0.3 is 0 Å². The number of amides is 1. The van der Waals surface area contributed by atoms with Gasteiger partial charge in [-0.3, -0.25) is 4.79 Å². The summed E-state index contributed by atoms with van der Waals surface area (Å²) in [5, 5.41) is 10.8. The summed E-state index contributed by atoms with van der Waals surface area (Å²) in [5.74, 6) is 0.673. The molecular weight excluding hydrogens is 352 g/mol. The van der Waals surface area contributed by atoms with Crippen LogP contribution in [-0.4, -0.2) is 20.7 Å². The number of aromatic nitrogens is 3. The van der Waals surface area contributed by atoms with Gasteiger partial charge in [-0.1, -0.05) is 0 Å². The molecule has 0 fully saturated rings. The molecule has 0 spiro atoms. The molecule has 1 N–H and O–H groups in total. The van der Waals surface area contributed by atoms with Gasteiger partial charge in [-0.2, -0.15) is 0 Å². The number of rotatable bonds is 3. The van der Waals surface area contributed by atoms with Crippen molar-refractivity contribution < 1.29 is 4.79 Å². The number of anilines is 1. The first-order valence-electron chi connectivity index (χ1n) is 6.14. The summed E-state index contributed by atoms with van der Waals surface area (Å²) in [5.41, 5.74) is 1.70. The van der Waals surface area contributed by atoms with Crippen molar-refractivity contribution in [2.75, 3.05) is 5.32 Å². The van der Waals surface area contributed by atoms with E-state index in [-0.39, 0.29) is 5.91 Å². The van der Waals surface area contributed by atoms with E-state index in [9.17, 15) is 4.79 Å². The molecule has 106 valence electrons. The van der Waals surface area contributed by atoms with E-state index < -0.39 is 0 Å². The molecule has 0 saturated heterocycles. The summed E-state index contributed by atoms with van der Waals surface area (Å²) < 4.78 is 2.78. The van der Waals surface area contributed by atoms with Gasteiger partial charge in [0.15, 0.2) is 5.82 Å². The molecule has 0 aliphatic heterocycles. The van der Waals surface area contributed by atoms with Gasteiger partial charge in [-0.15, -0.1) is 21.5 Å². The highest BCUT2D eigenvalue weighted by Gasteiger charge is 2.09. The highest BCUT2D eigenvalue weighted by molar-refractivity contribution is 9.11. The number of benzene rings is 1. The minimum Gasteiger partial charge on any atom is -0.321 e. The van der Waals surface area contributed by atoms with E-state index in [1.165, 1.54) is 11.3 Å². The third kappa shape index (κ3) is 3.03. The maximum atomic E-state index is 12.0. The van der Waals surface area contributed by atoms with E-state index in [0.29, 0.717) is 4.88 Å². The Kier molecular flexibility index (Phi) is 3.85. The average Bonchev–Trinajstić information content (AvgIpc) is 3.08. The zero-order chi connectivity index (χ0) is 14.8. The molecule has 21 heavy (non-hydrogen) atoms. The fraction of sp³-hybridized carbons (Fsp3) is 0.0714. The second-order valence-electron chi connectivity index (χ2n) is 4.40. The van der Waals surface area contributed by atoms with E-state index in [1.807, 2.05) is 41.9 Å². The molecule has 3 rings (SSSR count). The van der Waals surface area contributed by atoms with Crippen molar-refractivity contribution in [3.8, 4) is 11.4 Å². The van der Waals surface area contributed by atoms with Gasteiger partial charge in [0.25, 0.3) is 5.91 Å². The molecule has 2 aromatic heterocycles. The first kappa shape index (κ1) is 14.0. The zero-order valence-electron chi connectivity index (χ0n) is 11.1. The number of nitrogens with one attached hydrogen (secondary N) is 1. The van der Waals surface area contributed by atoms with E-state index in [0.717, 1.165) is 20.9 Å². The third-order valence-corrected chi connectivity index (χ3v) is 4.53. The van der Waals surface area contributed by atoms with E-state index in [1.54, 1.807) is 12.4 Å². The Morgan fingerprint density at radius 1 is 1.24 bits per heavy atom. The molecule has 0 bridgehead atoms. The van der Waals surface area contributed by atoms with Gasteiger partial charge < -0.3 is 9.88 Å². The molecule has 3 aromatic rings. The van der Waals surface area contributed by atoms with Gasteiger partial charge in [-0.05, 0) is 52.3 Å². The molecule has 1 amide bonds. The van der Waals surface area contributed by atoms with Gasteiger partial charge in [0.2, 0.25) is 0 Å². The monoisotopic (exact) mass is 362 g/mol. The van der Waals surface area contributed by atoms with E-state index in [2.05, 4.69) is 31.4 Å². The topological polar surface area (TPSA) is 59.8 Å². The average molecular weight is 363 g/mol. The number of carbonyl (C=O) groups excluding carboxylic acids is 1. The van der Waals surface area contributed by atoms with Crippen molar-refractivity contribution in [1.29, 1.82) is 0 Å². The predicted octanol–water partition coefficient (Wildman–Crippen LogP) is 3.56. The lowest BCUT2D eigenvalue weighted by molar-refractivity contribution is 0.103. The summed E-state index contributed by atoms with van der Waals surface area (Å²) in [6.07, 6.45) is 1.65. The molecule has 0 saturated carbocycles. The number of thiophene rings is 1. The molecule has 0 radical (unpaired) electrons. The molecule has 1 aromatic carbocycles. The maximum Gasteiger partial charge on any atom is 0.265 e. The van der Waals surface area contributed by atoms with Crippen LogP contribution >= 0.6 is 27.3 Å². The van der Waals surface area contributed by atoms with Crippen LogP contribution in [0.5, 0.6) is 0 Å². The van der Waals surface area contributed by atoms with Crippen LogP contribution in [0.25, 0.3) is 11.4 Å². The second-order valence-corrected chi connectivity index (χ2v) is 6.86. The number of nitrogens with zero attached hydrogens (tertiary/aromatic N) is 3. The summed E-state index contributed by atoms with van der Waals surface area (Å²) >= 11 is 4.75. The Hall–Kier alpha value is -1.99. The Morgan fingerprint density at radius 2 is 2.00 bits per heavy atom. The number of hydrogen-bond acceptors (Lipinski definition) is 4. The minimum atomic E-state index is -0.114. The molecule has 0 aliphatic rings. The van der Waals surface area contributed by atoms with Crippen molar-refractivity contribution in [2.24, 2.45) is 7.05 Å². The maximum absolute atomic E-state index is 12.0. The first-order chi connectivity index (χ1) is 10.1. The summed E-state index contributed by atoms with van der Waals surface area (Å²) in [4.78, 5) is 12.7. The minimum absolute atomic E-state index is 0.114. The first-order valence-corrected chi connectivity index (χ1v) is 7.75. The lowest BCUT2D eigenvalue weighted by Crippen LogP contribution is -2.09. The fourth-order valence-electron chi connectivity index (χ4n) is 1.88. The van der Waals surface area contributed by atoms with Crippen LogP contribution < -0.4 is 5.32 Å². The quantitative estimate of drug-likeness (QED) is 0.774. The van der Waals surface area contributed by atoms with Crippen molar-refractivity contribution in [2.45, 2.75) is 0 Å². The molecule has 0 aliphatic carbocycles. The van der Waals surface area contributed by atoms with Gasteiger partial charge in [0.1, 0.15) is 6.33 Å². The second kappa shape index (κ2) is 5.79. The molecule has 0 unspecified atom stereocenters. The standard InChI is InChI=1S/C14H11BrN4OS/c1-19-8-16-18-13(19)9-2-4-10(5-3-9)17-14(20)11-6-7-12(15)21-11/h2-8H,1H3,(H,17,20). The number of carbonyl (C=O) groups is 1. The SMILES string of the molecule is Cn1cnnc1-c1ccc(NC(=O)c2ccc(Br)s2)cc1. The van der Waals surface area contributed by atoms with Crippen LogP contribution in [0.1, 0.15) is 9.67 Å². The van der Waals surface area contributed by atoms with E-state index >= 15 is 0 Å². The molecule has 0 atom stereocenters. The smallest absolute Gasteiger partial charge is 0.265 e. The normalized spacial score (nSPS) is 10.6. The Labute approximate surface area is 133 Å². The van der Waals surface area contributed by atoms with Crippen LogP contribution in [-0.2, 0) is 7.05 Å². The summed E-state index contributed by atoms with van der Waals surface area (Å²) in [7, 11) is 1.89. The van der Waals surface area contributed by atoms with Crippen molar-refractivity contribution in [3.05, 3.63) is 51.4 Å². The predicted molar refractivity (Wildman–Crippen MR) is 86.4 cm³/mol. The van der Waals surface area contributed by atoms with Crippen molar-refractivity contribution in [3.63, 3.8) is 0 Å². The van der Waals surface area contributed by atoms with Crippen molar-refractivity contribution in [1.82, 2.24) is 14.8 Å². The number of aryl methyl sites for hydroxylation is 1. The lowest BCUT2D eigenvalue weighted by Gasteiger charge is -2.05. The van der Waals surface area contributed by atoms with E-state index in [4.69, 9.17) is 0 Å². The zero-order valence-corrected chi connectivity index (χ0v) is 13.5. The van der Waals surface area contributed by atoms with Crippen LogP contribution in [0.3, 0.4) is 0 Å². The van der Waals surface area contributed by atoms with Crippen LogP contribution in [0.4, 0.5) is 5.69 Å². The molecular formula is C14H11BrN4OS. The number of halogens is 1. The van der Waals surface area contributed by atoms with Gasteiger partial charge in [0, 0.05) is 18.3 Å². The van der Waals surface area contributed by atoms with Crippen LogP contribution in [0.15, 0.2) is 46.5 Å². The highest BCUT2D eigenvalue weighted by atomic mass is 79.9. The Bertz CT molecular complexity index is 778. The van der Waals surface area contributed by atoms with Gasteiger partial charge in [-0.25, -0.2) is 0 Å². The van der Waals surface area contributed by atoms with Gasteiger partial charge in [0.05, 0.1) is 8.66 Å². The summed E-state index contributed by atoms with van der Waals surface area (Å²) in [6.45, 7) is 0.